The van der Waals surface area contributed by atoms with Gasteiger partial charge in [-0.1, -0.05) is 31.2 Å². The van der Waals surface area contributed by atoms with Crippen LogP contribution in [0.15, 0.2) is 30.3 Å². The van der Waals surface area contributed by atoms with Crippen LogP contribution in [-0.2, 0) is 6.42 Å². The van der Waals surface area contributed by atoms with E-state index in [9.17, 15) is 5.26 Å². The molecule has 0 radical (unpaired) electrons. The predicted molar refractivity (Wildman–Crippen MR) is 83.1 cm³/mol. The van der Waals surface area contributed by atoms with E-state index in [0.717, 1.165) is 43.9 Å². The number of nitriles is 1. The zero-order valence-corrected chi connectivity index (χ0v) is 11.8. The molecule has 1 N–H and O–H groups in total. The highest BCUT2D eigenvalue weighted by atomic mass is 15.2. The van der Waals surface area contributed by atoms with E-state index < -0.39 is 0 Å². The van der Waals surface area contributed by atoms with Crippen molar-refractivity contribution in [2.24, 2.45) is 0 Å². The molecule has 102 valence electrons. The average Bonchev–Trinajstić information content (AvgIpc) is 2.53. The van der Waals surface area contributed by atoms with E-state index in [1.165, 1.54) is 16.3 Å². The van der Waals surface area contributed by atoms with Crippen LogP contribution >= 0.6 is 0 Å². The van der Waals surface area contributed by atoms with Gasteiger partial charge in [0.25, 0.3) is 0 Å². The number of nitrogens with one attached hydrogen (secondary N) is 1. The Bertz CT molecular complexity index is 664. The Morgan fingerprint density at radius 1 is 1.25 bits per heavy atom. The lowest BCUT2D eigenvalue weighted by Crippen LogP contribution is -2.43. The normalized spacial score (nSPS) is 15.3. The van der Waals surface area contributed by atoms with Crippen LogP contribution in [0.3, 0.4) is 0 Å². The van der Waals surface area contributed by atoms with Gasteiger partial charge in [-0.2, -0.15) is 5.26 Å². The highest BCUT2D eigenvalue weighted by molar-refractivity contribution is 5.92. The first-order chi connectivity index (χ1) is 9.85. The summed E-state index contributed by atoms with van der Waals surface area (Å²) in [4.78, 5) is 2.33. The van der Waals surface area contributed by atoms with Crippen molar-refractivity contribution in [1.82, 2.24) is 5.32 Å². The molecule has 3 rings (SSSR count). The van der Waals surface area contributed by atoms with E-state index in [2.05, 4.69) is 47.5 Å². The molecule has 1 saturated heterocycles. The fourth-order valence-electron chi connectivity index (χ4n) is 3.05. The van der Waals surface area contributed by atoms with E-state index in [4.69, 9.17) is 0 Å². The molecule has 0 bridgehead atoms. The first kappa shape index (κ1) is 13.0. The van der Waals surface area contributed by atoms with Crippen LogP contribution in [0.4, 0.5) is 5.69 Å². The van der Waals surface area contributed by atoms with Gasteiger partial charge in [0.2, 0.25) is 0 Å². The Kier molecular flexibility index (Phi) is 3.58. The molecular weight excluding hydrogens is 246 g/mol. The molecule has 2 aromatic rings. The van der Waals surface area contributed by atoms with Gasteiger partial charge >= 0.3 is 0 Å². The Morgan fingerprint density at radius 3 is 2.70 bits per heavy atom. The molecular formula is C17H19N3. The van der Waals surface area contributed by atoms with Gasteiger partial charge in [0.15, 0.2) is 0 Å². The summed E-state index contributed by atoms with van der Waals surface area (Å²) in [6.07, 6.45) is 0.892. The van der Waals surface area contributed by atoms with E-state index in [1.54, 1.807) is 0 Å². The molecule has 0 unspecified atom stereocenters. The summed E-state index contributed by atoms with van der Waals surface area (Å²) in [6, 6.07) is 13.0. The first-order valence-corrected chi connectivity index (χ1v) is 7.25. The van der Waals surface area contributed by atoms with Crippen LogP contribution < -0.4 is 10.2 Å². The number of rotatable bonds is 2. The number of hydrogen-bond acceptors (Lipinski definition) is 3. The zero-order valence-electron chi connectivity index (χ0n) is 11.8. The largest absolute Gasteiger partial charge is 0.368 e. The summed E-state index contributed by atoms with van der Waals surface area (Å²) in [5.74, 6) is 0. The maximum Gasteiger partial charge on any atom is 0.102 e. The third-order valence-electron chi connectivity index (χ3n) is 4.06. The summed E-state index contributed by atoms with van der Waals surface area (Å²) in [5, 5.41) is 15.4. The minimum atomic E-state index is 0.855. The molecule has 2 aromatic carbocycles. The topological polar surface area (TPSA) is 39.1 Å². The van der Waals surface area contributed by atoms with E-state index in [0.29, 0.717) is 0 Å². The second-order valence-corrected chi connectivity index (χ2v) is 5.17. The SMILES string of the molecule is CCc1c(C#N)c(N2CCNCC2)cc2ccccc12. The van der Waals surface area contributed by atoms with Crippen molar-refractivity contribution < 1.29 is 0 Å². The molecule has 0 aliphatic carbocycles. The molecule has 0 amide bonds. The standard InChI is InChI=1S/C17H19N3/c1-2-14-15-6-4-3-5-13(15)11-17(16(14)12-18)20-9-7-19-8-10-20/h3-6,11,19H,2,7-10H2,1H3. The third-order valence-corrected chi connectivity index (χ3v) is 4.06. The van der Waals surface area contributed by atoms with Crippen LogP contribution in [0.25, 0.3) is 10.8 Å². The lowest BCUT2D eigenvalue weighted by atomic mass is 9.95. The van der Waals surface area contributed by atoms with Gasteiger partial charge in [0.05, 0.1) is 11.3 Å². The summed E-state index contributed by atoms with van der Waals surface area (Å²) in [6.45, 7) is 6.04. The van der Waals surface area contributed by atoms with Crippen LogP contribution in [0.5, 0.6) is 0 Å². The van der Waals surface area contributed by atoms with Crippen molar-refractivity contribution in [3.63, 3.8) is 0 Å². The minimum Gasteiger partial charge on any atom is -0.368 e. The Morgan fingerprint density at radius 2 is 2.00 bits per heavy atom. The Balaban J connectivity index is 2.22. The van der Waals surface area contributed by atoms with E-state index in [-0.39, 0.29) is 0 Å². The number of fused-ring (bicyclic) bond motifs is 1. The fourth-order valence-corrected chi connectivity index (χ4v) is 3.05. The molecule has 3 heteroatoms. The number of piperazine rings is 1. The minimum absolute atomic E-state index is 0.855. The summed E-state index contributed by atoms with van der Waals surface area (Å²) in [5.41, 5.74) is 3.14. The smallest absolute Gasteiger partial charge is 0.102 e. The van der Waals surface area contributed by atoms with Gasteiger partial charge < -0.3 is 10.2 Å². The molecule has 1 aliphatic heterocycles. The number of anilines is 1. The van der Waals surface area contributed by atoms with Crippen molar-refractivity contribution in [2.75, 3.05) is 31.1 Å². The molecule has 20 heavy (non-hydrogen) atoms. The summed E-state index contributed by atoms with van der Waals surface area (Å²) >= 11 is 0. The summed E-state index contributed by atoms with van der Waals surface area (Å²) in [7, 11) is 0. The number of nitrogens with zero attached hydrogens (tertiary/aromatic N) is 2. The molecule has 1 fully saturated rings. The first-order valence-electron chi connectivity index (χ1n) is 7.25. The molecule has 0 saturated carbocycles. The van der Waals surface area contributed by atoms with Gasteiger partial charge in [-0.05, 0) is 28.8 Å². The van der Waals surface area contributed by atoms with Crippen molar-refractivity contribution in [3.8, 4) is 6.07 Å². The van der Waals surface area contributed by atoms with Crippen molar-refractivity contribution in [2.45, 2.75) is 13.3 Å². The second kappa shape index (κ2) is 5.52. The van der Waals surface area contributed by atoms with Gasteiger partial charge in [0.1, 0.15) is 6.07 Å². The quantitative estimate of drug-likeness (QED) is 0.907. The number of benzene rings is 2. The lowest BCUT2D eigenvalue weighted by molar-refractivity contribution is 0.589. The van der Waals surface area contributed by atoms with Crippen LogP contribution in [-0.4, -0.2) is 26.2 Å². The molecule has 1 heterocycles. The van der Waals surface area contributed by atoms with Crippen LogP contribution in [0.2, 0.25) is 0 Å². The van der Waals surface area contributed by atoms with Gasteiger partial charge in [-0.3, -0.25) is 0 Å². The maximum atomic E-state index is 9.63. The monoisotopic (exact) mass is 265 g/mol. The van der Waals surface area contributed by atoms with Gasteiger partial charge in [0, 0.05) is 26.2 Å². The van der Waals surface area contributed by atoms with E-state index in [1.807, 2.05) is 6.07 Å². The fraction of sp³-hybridized carbons (Fsp3) is 0.353. The maximum absolute atomic E-state index is 9.63. The summed E-state index contributed by atoms with van der Waals surface area (Å²) < 4.78 is 0. The van der Waals surface area contributed by atoms with Crippen LogP contribution in [0.1, 0.15) is 18.1 Å². The van der Waals surface area contributed by atoms with Crippen molar-refractivity contribution in [1.29, 1.82) is 5.26 Å². The molecule has 1 aliphatic rings. The lowest BCUT2D eigenvalue weighted by Gasteiger charge is -2.31. The van der Waals surface area contributed by atoms with E-state index >= 15 is 0 Å². The van der Waals surface area contributed by atoms with Gasteiger partial charge in [-0.15, -0.1) is 0 Å². The molecule has 0 atom stereocenters. The molecule has 0 aromatic heterocycles. The van der Waals surface area contributed by atoms with Gasteiger partial charge in [-0.25, -0.2) is 0 Å². The highest BCUT2D eigenvalue weighted by Gasteiger charge is 2.18. The van der Waals surface area contributed by atoms with Crippen molar-refractivity contribution >= 4 is 16.5 Å². The second-order valence-electron chi connectivity index (χ2n) is 5.17. The predicted octanol–water partition coefficient (Wildman–Crippen LogP) is 2.68. The number of hydrogen-bond donors (Lipinski definition) is 1. The molecule has 0 spiro atoms. The average molecular weight is 265 g/mol. The third kappa shape index (κ3) is 2.13. The highest BCUT2D eigenvalue weighted by Crippen LogP contribution is 2.32. The Hall–Kier alpha value is -2.05. The Labute approximate surface area is 119 Å². The molecule has 3 nitrogen and oxygen atoms in total. The zero-order chi connectivity index (χ0) is 13.9. The number of aryl methyl sites for hydroxylation is 1. The van der Waals surface area contributed by atoms with Crippen LogP contribution in [0, 0.1) is 11.3 Å². The van der Waals surface area contributed by atoms with Crippen molar-refractivity contribution in [3.05, 3.63) is 41.5 Å².